The summed E-state index contributed by atoms with van der Waals surface area (Å²) in [6.45, 7) is 3.68. The number of methoxy groups -OCH3 is 1. The van der Waals surface area contributed by atoms with Crippen LogP contribution in [0.15, 0.2) is 42.5 Å². The molecule has 1 N–H and O–H groups in total. The van der Waals surface area contributed by atoms with Crippen LogP contribution in [0.1, 0.15) is 32.3 Å². The van der Waals surface area contributed by atoms with Gasteiger partial charge in [-0.1, -0.05) is 48.7 Å². The number of amides is 2. The van der Waals surface area contributed by atoms with E-state index in [9.17, 15) is 18.0 Å². The van der Waals surface area contributed by atoms with Crippen LogP contribution in [-0.4, -0.2) is 57.6 Å². The second kappa shape index (κ2) is 13.0. The number of anilines is 1. The van der Waals surface area contributed by atoms with Gasteiger partial charge in [0.25, 0.3) is 0 Å². The molecule has 2 aromatic carbocycles. The molecule has 2 amide bonds. The first-order chi connectivity index (χ1) is 16.5. The van der Waals surface area contributed by atoms with Gasteiger partial charge in [0.05, 0.1) is 19.1 Å². The average molecular weight is 545 g/mol. The zero-order valence-corrected chi connectivity index (χ0v) is 22.6. The number of nitrogens with zero attached hydrogens (tertiary/aromatic N) is 2. The van der Waals surface area contributed by atoms with Gasteiger partial charge in [0.15, 0.2) is 0 Å². The topological polar surface area (TPSA) is 96.0 Å². The van der Waals surface area contributed by atoms with Crippen LogP contribution in [0.3, 0.4) is 0 Å². The first kappa shape index (κ1) is 28.7. The fourth-order valence-electron chi connectivity index (χ4n) is 3.34. The molecule has 0 aliphatic carbocycles. The molecule has 0 unspecified atom stereocenters. The maximum Gasteiger partial charge on any atom is 0.244 e. The van der Waals surface area contributed by atoms with E-state index in [0.29, 0.717) is 12.3 Å². The standard InChI is InChI=1S/C24H31Cl2N3O5S/c1-5-6-11-27-24(31)17(2)28(15-18-7-9-22(34-3)10-8-18)23(30)16-29(35(4,32)33)21-13-19(25)12-20(26)14-21/h7-10,12-14,17H,5-6,11,15-16H2,1-4H3,(H,27,31)/t17-/m1/s1. The van der Waals surface area contributed by atoms with E-state index in [1.165, 1.54) is 23.1 Å². The van der Waals surface area contributed by atoms with Crippen LogP contribution >= 0.6 is 23.2 Å². The average Bonchev–Trinajstić information content (AvgIpc) is 2.79. The van der Waals surface area contributed by atoms with Crippen molar-refractivity contribution in [3.05, 3.63) is 58.1 Å². The SMILES string of the molecule is CCCCNC(=O)[C@@H](C)N(Cc1ccc(OC)cc1)C(=O)CN(c1cc(Cl)cc(Cl)c1)S(C)(=O)=O. The number of nitrogens with one attached hydrogen (secondary N) is 1. The van der Waals surface area contributed by atoms with Gasteiger partial charge < -0.3 is 15.0 Å². The molecule has 2 aromatic rings. The number of hydrogen-bond acceptors (Lipinski definition) is 5. The molecule has 0 heterocycles. The lowest BCUT2D eigenvalue weighted by Gasteiger charge is -2.31. The molecule has 0 saturated heterocycles. The quantitative estimate of drug-likeness (QED) is 0.406. The maximum atomic E-state index is 13.5. The van der Waals surface area contributed by atoms with E-state index in [4.69, 9.17) is 27.9 Å². The number of carbonyl (C=O) groups is 2. The predicted octanol–water partition coefficient (Wildman–Crippen LogP) is 4.10. The minimum atomic E-state index is -3.87. The summed E-state index contributed by atoms with van der Waals surface area (Å²) in [6, 6.07) is 10.5. The molecule has 0 spiro atoms. The van der Waals surface area contributed by atoms with Crippen LogP contribution in [0.2, 0.25) is 10.0 Å². The Morgan fingerprint density at radius 3 is 2.20 bits per heavy atom. The summed E-state index contributed by atoms with van der Waals surface area (Å²) in [7, 11) is -2.32. The van der Waals surface area contributed by atoms with Crippen LogP contribution in [0, 0.1) is 0 Å². The zero-order chi connectivity index (χ0) is 26.2. The van der Waals surface area contributed by atoms with E-state index in [1.807, 2.05) is 6.92 Å². The van der Waals surface area contributed by atoms with Gasteiger partial charge in [0.2, 0.25) is 21.8 Å². The Bertz CT molecular complexity index is 1110. The van der Waals surface area contributed by atoms with Gasteiger partial charge in [0, 0.05) is 23.1 Å². The number of sulfonamides is 1. The van der Waals surface area contributed by atoms with Crippen molar-refractivity contribution >= 4 is 50.7 Å². The van der Waals surface area contributed by atoms with Gasteiger partial charge in [-0.15, -0.1) is 0 Å². The molecule has 0 bridgehead atoms. The van der Waals surface area contributed by atoms with Crippen molar-refractivity contribution in [2.45, 2.75) is 39.3 Å². The molecule has 2 rings (SSSR count). The van der Waals surface area contributed by atoms with Gasteiger partial charge in [-0.2, -0.15) is 0 Å². The van der Waals surface area contributed by atoms with Gasteiger partial charge in [0.1, 0.15) is 18.3 Å². The number of hydrogen-bond donors (Lipinski definition) is 1. The summed E-state index contributed by atoms with van der Waals surface area (Å²) in [5, 5.41) is 3.29. The number of benzene rings is 2. The Labute approximate surface area is 217 Å². The Morgan fingerprint density at radius 1 is 1.09 bits per heavy atom. The van der Waals surface area contributed by atoms with Crippen LogP contribution in [-0.2, 0) is 26.2 Å². The zero-order valence-electron chi connectivity index (χ0n) is 20.3. The highest BCUT2D eigenvalue weighted by atomic mass is 35.5. The normalized spacial score (nSPS) is 12.1. The molecule has 1 atom stereocenters. The molecule has 0 aliphatic rings. The maximum absolute atomic E-state index is 13.5. The second-order valence-electron chi connectivity index (χ2n) is 8.09. The van der Waals surface area contributed by atoms with Crippen molar-refractivity contribution in [3.8, 4) is 5.75 Å². The van der Waals surface area contributed by atoms with Crippen molar-refractivity contribution in [2.75, 3.05) is 30.8 Å². The Hall–Kier alpha value is -2.49. The highest BCUT2D eigenvalue weighted by molar-refractivity contribution is 7.92. The first-order valence-corrected chi connectivity index (χ1v) is 13.7. The minimum Gasteiger partial charge on any atom is -0.497 e. The van der Waals surface area contributed by atoms with E-state index < -0.39 is 28.5 Å². The summed E-state index contributed by atoms with van der Waals surface area (Å²) < 4.78 is 31.3. The molecule has 192 valence electrons. The van der Waals surface area contributed by atoms with E-state index >= 15 is 0 Å². The van der Waals surface area contributed by atoms with Gasteiger partial charge in [-0.05, 0) is 49.2 Å². The monoisotopic (exact) mass is 543 g/mol. The lowest BCUT2D eigenvalue weighted by molar-refractivity contribution is -0.139. The summed E-state index contributed by atoms with van der Waals surface area (Å²) >= 11 is 12.1. The summed E-state index contributed by atoms with van der Waals surface area (Å²) in [4.78, 5) is 27.7. The molecular formula is C24H31Cl2N3O5S. The number of carbonyl (C=O) groups excluding carboxylic acids is 2. The van der Waals surface area contributed by atoms with Crippen molar-refractivity contribution in [3.63, 3.8) is 0 Å². The van der Waals surface area contributed by atoms with E-state index in [1.54, 1.807) is 38.3 Å². The fourth-order valence-corrected chi connectivity index (χ4v) is 4.69. The van der Waals surface area contributed by atoms with Crippen molar-refractivity contribution in [1.82, 2.24) is 10.2 Å². The van der Waals surface area contributed by atoms with Crippen molar-refractivity contribution in [2.24, 2.45) is 0 Å². The van der Waals surface area contributed by atoms with Crippen LogP contribution in [0.4, 0.5) is 5.69 Å². The molecule has 0 aromatic heterocycles. The molecule has 35 heavy (non-hydrogen) atoms. The molecule has 0 radical (unpaired) electrons. The molecule has 8 nitrogen and oxygen atoms in total. The molecule has 0 saturated carbocycles. The molecular weight excluding hydrogens is 513 g/mol. The van der Waals surface area contributed by atoms with E-state index in [-0.39, 0.29) is 28.2 Å². The minimum absolute atomic E-state index is 0.0963. The third-order valence-corrected chi connectivity index (χ3v) is 6.90. The van der Waals surface area contributed by atoms with Gasteiger partial charge in [-0.25, -0.2) is 8.42 Å². The first-order valence-electron chi connectivity index (χ1n) is 11.1. The van der Waals surface area contributed by atoms with E-state index in [0.717, 1.165) is 29.0 Å². The molecule has 0 fully saturated rings. The van der Waals surface area contributed by atoms with Crippen LogP contribution in [0.5, 0.6) is 5.75 Å². The molecule has 0 aliphatic heterocycles. The van der Waals surface area contributed by atoms with E-state index in [2.05, 4.69) is 5.32 Å². The van der Waals surface area contributed by atoms with Crippen LogP contribution < -0.4 is 14.4 Å². The number of halogens is 2. The van der Waals surface area contributed by atoms with Crippen molar-refractivity contribution < 1.29 is 22.7 Å². The summed E-state index contributed by atoms with van der Waals surface area (Å²) in [5.41, 5.74) is 0.909. The van der Waals surface area contributed by atoms with Gasteiger partial charge >= 0.3 is 0 Å². The largest absolute Gasteiger partial charge is 0.497 e. The highest BCUT2D eigenvalue weighted by Gasteiger charge is 2.30. The summed E-state index contributed by atoms with van der Waals surface area (Å²) in [6.07, 6.45) is 2.71. The molecule has 11 heteroatoms. The predicted molar refractivity (Wildman–Crippen MR) is 140 cm³/mol. The lowest BCUT2D eigenvalue weighted by atomic mass is 10.1. The Kier molecular flexibility index (Phi) is 10.7. The Morgan fingerprint density at radius 2 is 1.69 bits per heavy atom. The van der Waals surface area contributed by atoms with Crippen molar-refractivity contribution in [1.29, 1.82) is 0 Å². The summed E-state index contributed by atoms with van der Waals surface area (Å²) in [5.74, 6) is -0.226. The number of ether oxygens (including phenoxy) is 1. The second-order valence-corrected chi connectivity index (χ2v) is 10.9. The fraction of sp³-hybridized carbons (Fsp3) is 0.417. The number of unbranched alkanes of at least 4 members (excludes halogenated alkanes) is 1. The van der Waals surface area contributed by atoms with Gasteiger partial charge in [-0.3, -0.25) is 13.9 Å². The van der Waals surface area contributed by atoms with Crippen LogP contribution in [0.25, 0.3) is 0 Å². The third kappa shape index (κ3) is 8.59. The number of rotatable bonds is 12. The highest BCUT2D eigenvalue weighted by Crippen LogP contribution is 2.27. The third-order valence-electron chi connectivity index (χ3n) is 5.32. The lowest BCUT2D eigenvalue weighted by Crippen LogP contribution is -2.51. The smallest absolute Gasteiger partial charge is 0.244 e. The Balaban J connectivity index is 2.37.